The number of anilines is 1. The van der Waals surface area contributed by atoms with Crippen LogP contribution in [0.5, 0.6) is 5.75 Å². The van der Waals surface area contributed by atoms with Gasteiger partial charge in [0.1, 0.15) is 11.6 Å². The molecule has 0 radical (unpaired) electrons. The van der Waals surface area contributed by atoms with Gasteiger partial charge in [-0.25, -0.2) is 4.39 Å². The van der Waals surface area contributed by atoms with E-state index in [1.54, 1.807) is 19.2 Å². The number of halogens is 1. The highest BCUT2D eigenvalue weighted by Crippen LogP contribution is 2.39. The Morgan fingerprint density at radius 1 is 1.32 bits per heavy atom. The third-order valence-electron chi connectivity index (χ3n) is 3.58. The molecule has 1 aliphatic heterocycles. The predicted molar refractivity (Wildman–Crippen MR) is 74.2 cm³/mol. The summed E-state index contributed by atoms with van der Waals surface area (Å²) in [4.78, 5) is 0. The first-order valence-electron chi connectivity index (χ1n) is 6.54. The van der Waals surface area contributed by atoms with Crippen molar-refractivity contribution in [2.24, 2.45) is 0 Å². The van der Waals surface area contributed by atoms with E-state index < -0.39 is 0 Å². The lowest BCUT2D eigenvalue weighted by molar-refractivity contribution is -0.0662. The molecule has 0 aromatic heterocycles. The van der Waals surface area contributed by atoms with E-state index in [9.17, 15) is 4.39 Å². The van der Waals surface area contributed by atoms with Crippen LogP contribution in [0.1, 0.15) is 34.1 Å². The largest absolute Gasteiger partial charge is 0.497 e. The summed E-state index contributed by atoms with van der Waals surface area (Å²) in [5.74, 6) is 0.362. The summed E-state index contributed by atoms with van der Waals surface area (Å²) in [6.45, 7) is 8.16. The van der Waals surface area contributed by atoms with Gasteiger partial charge in [-0.05, 0) is 46.2 Å². The van der Waals surface area contributed by atoms with Crippen molar-refractivity contribution in [1.29, 1.82) is 0 Å². The number of methoxy groups -OCH3 is 1. The van der Waals surface area contributed by atoms with Gasteiger partial charge in [0.25, 0.3) is 0 Å². The minimum Gasteiger partial charge on any atom is -0.497 e. The first-order chi connectivity index (χ1) is 8.73. The third kappa shape index (κ3) is 3.00. The molecule has 0 amide bonds. The van der Waals surface area contributed by atoms with Crippen LogP contribution in [0.15, 0.2) is 18.2 Å². The topological polar surface area (TPSA) is 30.5 Å². The second kappa shape index (κ2) is 4.67. The molecular formula is C15H22FNO2. The van der Waals surface area contributed by atoms with Crippen LogP contribution in [0.2, 0.25) is 0 Å². The number of nitrogens with one attached hydrogen (secondary N) is 1. The molecule has 1 aliphatic rings. The van der Waals surface area contributed by atoms with Crippen LogP contribution < -0.4 is 10.1 Å². The summed E-state index contributed by atoms with van der Waals surface area (Å²) in [6, 6.07) is 4.76. The van der Waals surface area contributed by atoms with Crippen molar-refractivity contribution in [3.05, 3.63) is 24.0 Å². The number of hydrogen-bond donors (Lipinski definition) is 1. The molecule has 0 aliphatic carbocycles. The Kier molecular flexibility index (Phi) is 3.47. The molecule has 1 aromatic carbocycles. The molecule has 1 aromatic rings. The van der Waals surface area contributed by atoms with Crippen LogP contribution in [0.3, 0.4) is 0 Å². The lowest BCUT2D eigenvalue weighted by Gasteiger charge is -2.28. The van der Waals surface area contributed by atoms with Crippen molar-refractivity contribution in [2.75, 3.05) is 12.4 Å². The van der Waals surface area contributed by atoms with E-state index >= 15 is 0 Å². The Morgan fingerprint density at radius 3 is 2.53 bits per heavy atom. The molecule has 4 heteroatoms. The Balaban J connectivity index is 2.22. The molecule has 0 bridgehead atoms. The average Bonchev–Trinajstić information content (AvgIpc) is 2.49. The minimum atomic E-state index is -0.334. The molecule has 1 saturated heterocycles. The molecule has 0 saturated carbocycles. The van der Waals surface area contributed by atoms with Gasteiger partial charge in [0.05, 0.1) is 30.0 Å². The molecule has 0 spiro atoms. The van der Waals surface area contributed by atoms with Gasteiger partial charge in [0.15, 0.2) is 0 Å². The normalized spacial score (nSPS) is 24.2. The Labute approximate surface area is 114 Å². The SMILES string of the molecule is COc1ccc(F)c(NC2CC(C)(C)OC2(C)C)c1. The molecule has 1 fully saturated rings. The molecule has 106 valence electrons. The van der Waals surface area contributed by atoms with Gasteiger partial charge in [0, 0.05) is 6.07 Å². The van der Waals surface area contributed by atoms with Gasteiger partial charge in [-0.2, -0.15) is 0 Å². The summed E-state index contributed by atoms with van der Waals surface area (Å²) in [6.07, 6.45) is 0.830. The van der Waals surface area contributed by atoms with E-state index in [1.165, 1.54) is 6.07 Å². The Bertz CT molecular complexity index is 471. The predicted octanol–water partition coefficient (Wildman–Crippen LogP) is 3.59. The van der Waals surface area contributed by atoms with Crippen molar-refractivity contribution >= 4 is 5.69 Å². The first kappa shape index (κ1) is 14.1. The molecule has 1 atom stereocenters. The van der Waals surface area contributed by atoms with Crippen LogP contribution >= 0.6 is 0 Å². The smallest absolute Gasteiger partial charge is 0.146 e. The van der Waals surface area contributed by atoms with Gasteiger partial charge in [0.2, 0.25) is 0 Å². The van der Waals surface area contributed by atoms with Gasteiger partial charge in [-0.15, -0.1) is 0 Å². The molecule has 19 heavy (non-hydrogen) atoms. The number of hydrogen-bond acceptors (Lipinski definition) is 3. The molecular weight excluding hydrogens is 245 g/mol. The quantitative estimate of drug-likeness (QED) is 0.907. The summed E-state index contributed by atoms with van der Waals surface area (Å²) >= 11 is 0. The van der Waals surface area contributed by atoms with Crippen molar-refractivity contribution in [3.8, 4) is 5.75 Å². The molecule has 1 N–H and O–H groups in total. The minimum absolute atomic E-state index is 0.0594. The maximum Gasteiger partial charge on any atom is 0.146 e. The lowest BCUT2D eigenvalue weighted by atomic mass is 9.94. The van der Waals surface area contributed by atoms with Gasteiger partial charge < -0.3 is 14.8 Å². The van der Waals surface area contributed by atoms with E-state index in [-0.39, 0.29) is 23.1 Å². The van der Waals surface area contributed by atoms with Crippen molar-refractivity contribution in [2.45, 2.75) is 51.4 Å². The lowest BCUT2D eigenvalue weighted by Crippen LogP contribution is -2.38. The van der Waals surface area contributed by atoms with Gasteiger partial charge in [-0.1, -0.05) is 0 Å². The maximum atomic E-state index is 13.8. The zero-order chi connectivity index (χ0) is 14.3. The highest BCUT2D eigenvalue weighted by atomic mass is 19.1. The molecule has 1 unspecified atom stereocenters. The Morgan fingerprint density at radius 2 is 2.00 bits per heavy atom. The van der Waals surface area contributed by atoms with E-state index in [0.29, 0.717) is 11.4 Å². The highest BCUT2D eigenvalue weighted by Gasteiger charge is 2.46. The highest BCUT2D eigenvalue weighted by molar-refractivity contribution is 5.51. The average molecular weight is 267 g/mol. The maximum absolute atomic E-state index is 13.8. The van der Waals surface area contributed by atoms with Crippen LogP contribution in [0, 0.1) is 5.82 Å². The van der Waals surface area contributed by atoms with Crippen LogP contribution in [-0.4, -0.2) is 24.4 Å². The van der Waals surface area contributed by atoms with Crippen molar-refractivity contribution in [1.82, 2.24) is 0 Å². The fourth-order valence-corrected chi connectivity index (χ4v) is 2.72. The second-order valence-electron chi connectivity index (χ2n) is 6.21. The van der Waals surface area contributed by atoms with E-state index in [2.05, 4.69) is 19.2 Å². The third-order valence-corrected chi connectivity index (χ3v) is 3.58. The Hall–Kier alpha value is -1.29. The zero-order valence-corrected chi connectivity index (χ0v) is 12.2. The molecule has 3 nitrogen and oxygen atoms in total. The van der Waals surface area contributed by atoms with Crippen molar-refractivity contribution in [3.63, 3.8) is 0 Å². The van der Waals surface area contributed by atoms with Crippen LogP contribution in [0.25, 0.3) is 0 Å². The fraction of sp³-hybridized carbons (Fsp3) is 0.600. The van der Waals surface area contributed by atoms with Crippen LogP contribution in [-0.2, 0) is 4.74 Å². The number of benzene rings is 1. The molecule has 2 rings (SSSR count). The second-order valence-corrected chi connectivity index (χ2v) is 6.21. The van der Waals surface area contributed by atoms with Crippen LogP contribution in [0.4, 0.5) is 10.1 Å². The summed E-state index contributed by atoms with van der Waals surface area (Å²) in [5.41, 5.74) is -0.0751. The molecule has 1 heterocycles. The van der Waals surface area contributed by atoms with Gasteiger partial charge in [-0.3, -0.25) is 0 Å². The number of ether oxygens (including phenoxy) is 2. The van der Waals surface area contributed by atoms with Gasteiger partial charge >= 0.3 is 0 Å². The van der Waals surface area contributed by atoms with Crippen molar-refractivity contribution < 1.29 is 13.9 Å². The first-order valence-corrected chi connectivity index (χ1v) is 6.54. The summed E-state index contributed by atoms with van der Waals surface area (Å²) in [5, 5.41) is 3.25. The zero-order valence-electron chi connectivity index (χ0n) is 12.2. The van der Waals surface area contributed by atoms with E-state index in [4.69, 9.17) is 9.47 Å². The van der Waals surface area contributed by atoms with E-state index in [1.807, 2.05) is 13.8 Å². The standard InChI is InChI=1S/C15H22FNO2/c1-14(2)9-13(15(3,4)19-14)17-12-8-10(18-5)6-7-11(12)16/h6-8,13,17H,9H2,1-5H3. The summed E-state index contributed by atoms with van der Waals surface area (Å²) in [7, 11) is 1.57. The monoisotopic (exact) mass is 267 g/mol. The number of rotatable bonds is 3. The van der Waals surface area contributed by atoms with E-state index in [0.717, 1.165) is 6.42 Å². The summed E-state index contributed by atoms with van der Waals surface area (Å²) < 4.78 is 25.0. The fourth-order valence-electron chi connectivity index (χ4n) is 2.72.